The topological polar surface area (TPSA) is 63.5 Å². The van der Waals surface area contributed by atoms with Gasteiger partial charge in [0.1, 0.15) is 5.56 Å². The Hall–Kier alpha value is -2.40. The number of halogens is 1. The number of carbonyl (C=O) groups excluding carboxylic acids is 1. The minimum absolute atomic E-state index is 0.0329. The summed E-state index contributed by atoms with van der Waals surface area (Å²) in [6.07, 6.45) is 0. The molecule has 2 aromatic carbocycles. The third-order valence-electron chi connectivity index (χ3n) is 3.40. The number of carbonyl (C=O) groups is 1. The SMILES string of the molecule is Cc1ccccc1CN(C)C(=O)c1ccc(Cl)cc1[N+](=O)[O-]. The van der Waals surface area contributed by atoms with E-state index in [2.05, 4.69) is 0 Å². The van der Waals surface area contributed by atoms with Crippen LogP contribution >= 0.6 is 11.6 Å². The molecule has 0 atom stereocenters. The van der Waals surface area contributed by atoms with Crippen LogP contribution in [-0.2, 0) is 6.54 Å². The molecule has 0 saturated heterocycles. The second kappa shape index (κ2) is 6.58. The summed E-state index contributed by atoms with van der Waals surface area (Å²) < 4.78 is 0. The zero-order valence-corrected chi connectivity index (χ0v) is 13.0. The molecular formula is C16H15ClN2O3. The average Bonchev–Trinajstić information content (AvgIpc) is 2.48. The fourth-order valence-corrected chi connectivity index (χ4v) is 2.32. The van der Waals surface area contributed by atoms with E-state index in [0.717, 1.165) is 11.1 Å². The van der Waals surface area contributed by atoms with Crippen molar-refractivity contribution in [1.82, 2.24) is 4.90 Å². The average molecular weight is 319 g/mol. The van der Waals surface area contributed by atoms with Crippen molar-refractivity contribution in [3.05, 3.63) is 74.3 Å². The Bertz CT molecular complexity index is 731. The predicted octanol–water partition coefficient (Wildman–Crippen LogP) is 3.83. The van der Waals surface area contributed by atoms with Crippen LogP contribution in [0, 0.1) is 17.0 Å². The van der Waals surface area contributed by atoms with Crippen molar-refractivity contribution >= 4 is 23.2 Å². The molecule has 0 fully saturated rings. The minimum atomic E-state index is -0.597. The molecule has 0 saturated carbocycles. The van der Waals surface area contributed by atoms with Crippen molar-refractivity contribution in [2.24, 2.45) is 0 Å². The molecule has 2 aromatic rings. The summed E-state index contributed by atoms with van der Waals surface area (Å²) in [7, 11) is 1.62. The summed E-state index contributed by atoms with van der Waals surface area (Å²) in [5.41, 5.74) is 1.81. The number of rotatable bonds is 4. The number of hydrogen-bond donors (Lipinski definition) is 0. The Morgan fingerprint density at radius 3 is 2.59 bits per heavy atom. The first-order valence-electron chi connectivity index (χ1n) is 6.64. The van der Waals surface area contributed by atoms with E-state index < -0.39 is 10.8 Å². The van der Waals surface area contributed by atoms with Gasteiger partial charge < -0.3 is 4.90 Å². The van der Waals surface area contributed by atoms with Crippen LogP contribution in [0.15, 0.2) is 42.5 Å². The Kier molecular flexibility index (Phi) is 4.78. The first-order chi connectivity index (χ1) is 10.4. The molecule has 1 amide bonds. The van der Waals surface area contributed by atoms with E-state index in [0.29, 0.717) is 6.54 Å². The molecule has 0 radical (unpaired) electrons. The summed E-state index contributed by atoms with van der Waals surface area (Å²) in [6.45, 7) is 2.34. The van der Waals surface area contributed by atoms with Gasteiger partial charge in [0, 0.05) is 24.7 Å². The lowest BCUT2D eigenvalue weighted by atomic mass is 10.1. The molecule has 5 nitrogen and oxygen atoms in total. The van der Waals surface area contributed by atoms with Crippen molar-refractivity contribution < 1.29 is 9.72 Å². The largest absolute Gasteiger partial charge is 0.337 e. The standard InChI is InChI=1S/C16H15ClN2O3/c1-11-5-3-4-6-12(11)10-18(2)16(20)14-8-7-13(17)9-15(14)19(21)22/h3-9H,10H2,1-2H3. The van der Waals surface area contributed by atoms with Gasteiger partial charge in [-0.1, -0.05) is 35.9 Å². The van der Waals surface area contributed by atoms with Crippen molar-refractivity contribution in [1.29, 1.82) is 0 Å². The Labute approximate surface area is 133 Å². The molecule has 0 unspecified atom stereocenters. The fraction of sp³-hybridized carbons (Fsp3) is 0.188. The maximum Gasteiger partial charge on any atom is 0.283 e. The first kappa shape index (κ1) is 16.0. The molecule has 114 valence electrons. The summed E-state index contributed by atoms with van der Waals surface area (Å²) >= 11 is 5.77. The molecule has 0 aliphatic carbocycles. The van der Waals surface area contributed by atoms with E-state index in [4.69, 9.17) is 11.6 Å². The normalized spacial score (nSPS) is 10.3. The van der Waals surface area contributed by atoms with Gasteiger partial charge in [-0.3, -0.25) is 14.9 Å². The first-order valence-corrected chi connectivity index (χ1v) is 7.02. The van der Waals surface area contributed by atoms with Gasteiger partial charge >= 0.3 is 0 Å². The number of nitro groups is 1. The summed E-state index contributed by atoms with van der Waals surface area (Å²) in [6, 6.07) is 11.8. The maximum atomic E-state index is 12.5. The van der Waals surface area contributed by atoms with Crippen LogP contribution in [0.5, 0.6) is 0 Å². The smallest absolute Gasteiger partial charge is 0.283 e. The van der Waals surface area contributed by atoms with Crippen molar-refractivity contribution in [3.8, 4) is 0 Å². The lowest BCUT2D eigenvalue weighted by Gasteiger charge is -2.18. The highest BCUT2D eigenvalue weighted by atomic mass is 35.5. The Balaban J connectivity index is 2.28. The summed E-state index contributed by atoms with van der Waals surface area (Å²) in [5.74, 6) is -0.411. The summed E-state index contributed by atoms with van der Waals surface area (Å²) in [5, 5.41) is 11.3. The van der Waals surface area contributed by atoms with E-state index >= 15 is 0 Å². The van der Waals surface area contributed by atoms with E-state index in [1.807, 2.05) is 31.2 Å². The second-order valence-corrected chi connectivity index (χ2v) is 5.44. The monoisotopic (exact) mass is 318 g/mol. The molecular weight excluding hydrogens is 304 g/mol. The number of nitrogens with zero attached hydrogens (tertiary/aromatic N) is 2. The van der Waals surface area contributed by atoms with Crippen molar-refractivity contribution in [2.45, 2.75) is 13.5 Å². The Morgan fingerprint density at radius 1 is 1.27 bits per heavy atom. The highest BCUT2D eigenvalue weighted by Gasteiger charge is 2.23. The van der Waals surface area contributed by atoms with Crippen LogP contribution in [-0.4, -0.2) is 22.8 Å². The zero-order chi connectivity index (χ0) is 16.3. The quantitative estimate of drug-likeness (QED) is 0.635. The molecule has 2 rings (SSSR count). The van der Waals surface area contributed by atoms with Crippen LogP contribution in [0.25, 0.3) is 0 Å². The highest BCUT2D eigenvalue weighted by Crippen LogP contribution is 2.24. The minimum Gasteiger partial charge on any atom is -0.337 e. The van der Waals surface area contributed by atoms with Crippen molar-refractivity contribution in [3.63, 3.8) is 0 Å². The molecule has 0 spiro atoms. The van der Waals surface area contributed by atoms with E-state index in [-0.39, 0.29) is 16.3 Å². The number of benzene rings is 2. The van der Waals surface area contributed by atoms with E-state index in [1.165, 1.54) is 23.1 Å². The zero-order valence-electron chi connectivity index (χ0n) is 12.2. The van der Waals surface area contributed by atoms with Crippen LogP contribution in [0.3, 0.4) is 0 Å². The van der Waals surface area contributed by atoms with Gasteiger partial charge in [-0.2, -0.15) is 0 Å². The molecule has 0 bridgehead atoms. The van der Waals surface area contributed by atoms with Crippen LogP contribution in [0.1, 0.15) is 21.5 Å². The summed E-state index contributed by atoms with van der Waals surface area (Å²) in [4.78, 5) is 24.4. The second-order valence-electron chi connectivity index (χ2n) is 5.01. The molecule has 0 aromatic heterocycles. The molecule has 22 heavy (non-hydrogen) atoms. The lowest BCUT2D eigenvalue weighted by Crippen LogP contribution is -2.27. The van der Waals surface area contributed by atoms with E-state index in [9.17, 15) is 14.9 Å². The third kappa shape index (κ3) is 3.43. The molecule has 0 heterocycles. The number of amides is 1. The fourth-order valence-electron chi connectivity index (χ4n) is 2.16. The predicted molar refractivity (Wildman–Crippen MR) is 85.1 cm³/mol. The van der Waals surface area contributed by atoms with Crippen LogP contribution in [0.4, 0.5) is 5.69 Å². The number of hydrogen-bond acceptors (Lipinski definition) is 3. The Morgan fingerprint density at radius 2 is 1.95 bits per heavy atom. The van der Waals surface area contributed by atoms with Gasteiger partial charge in [0.15, 0.2) is 0 Å². The molecule has 6 heteroatoms. The van der Waals surface area contributed by atoms with Gasteiger partial charge in [0.25, 0.3) is 11.6 Å². The number of nitro benzene ring substituents is 1. The highest BCUT2D eigenvalue weighted by molar-refractivity contribution is 6.31. The molecule has 0 aliphatic rings. The van der Waals surface area contributed by atoms with Gasteiger partial charge in [0.2, 0.25) is 0 Å². The van der Waals surface area contributed by atoms with E-state index in [1.54, 1.807) is 7.05 Å². The van der Waals surface area contributed by atoms with Gasteiger partial charge in [-0.05, 0) is 30.2 Å². The number of aryl methyl sites for hydroxylation is 1. The lowest BCUT2D eigenvalue weighted by molar-refractivity contribution is -0.385. The molecule has 0 aliphatic heterocycles. The van der Waals surface area contributed by atoms with Crippen LogP contribution < -0.4 is 0 Å². The third-order valence-corrected chi connectivity index (χ3v) is 3.64. The van der Waals surface area contributed by atoms with Crippen molar-refractivity contribution in [2.75, 3.05) is 7.05 Å². The van der Waals surface area contributed by atoms with Gasteiger partial charge in [-0.25, -0.2) is 0 Å². The maximum absolute atomic E-state index is 12.5. The van der Waals surface area contributed by atoms with Gasteiger partial charge in [-0.15, -0.1) is 0 Å². The molecule has 0 N–H and O–H groups in total. The van der Waals surface area contributed by atoms with Crippen LogP contribution in [0.2, 0.25) is 5.02 Å². The van der Waals surface area contributed by atoms with Gasteiger partial charge in [0.05, 0.1) is 4.92 Å².